The lowest BCUT2D eigenvalue weighted by atomic mass is 9.75. The van der Waals surface area contributed by atoms with E-state index in [0.29, 0.717) is 10.6 Å². The molecule has 19 heavy (non-hydrogen) atoms. The summed E-state index contributed by atoms with van der Waals surface area (Å²) in [6.07, 6.45) is 8.39. The van der Waals surface area contributed by atoms with E-state index in [9.17, 15) is 0 Å². The van der Waals surface area contributed by atoms with Crippen molar-refractivity contribution in [3.63, 3.8) is 0 Å². The zero-order valence-electron chi connectivity index (χ0n) is 11.0. The van der Waals surface area contributed by atoms with Gasteiger partial charge in [0.15, 0.2) is 0 Å². The van der Waals surface area contributed by atoms with Gasteiger partial charge in [-0.2, -0.15) is 5.26 Å². The number of piperidine rings is 1. The maximum Gasteiger partial charge on any atom is 0.148 e. The van der Waals surface area contributed by atoms with Crippen molar-refractivity contribution in [2.24, 2.45) is 11.8 Å². The van der Waals surface area contributed by atoms with Gasteiger partial charge in [0, 0.05) is 19.3 Å². The molecule has 2 heterocycles. The van der Waals surface area contributed by atoms with E-state index in [2.05, 4.69) is 16.0 Å². The Kier molecular flexibility index (Phi) is 3.61. The molecular formula is C15H18ClN3. The molecule has 0 bridgehead atoms. The first-order valence-electron chi connectivity index (χ1n) is 7.09. The summed E-state index contributed by atoms with van der Waals surface area (Å²) in [7, 11) is 0. The Bertz CT molecular complexity index is 509. The van der Waals surface area contributed by atoms with Crippen molar-refractivity contribution >= 4 is 17.4 Å². The van der Waals surface area contributed by atoms with E-state index in [1.54, 1.807) is 12.3 Å². The molecule has 1 aliphatic carbocycles. The molecule has 0 aromatic carbocycles. The molecule has 100 valence electrons. The van der Waals surface area contributed by atoms with Crippen LogP contribution in [0.15, 0.2) is 12.3 Å². The van der Waals surface area contributed by atoms with Gasteiger partial charge in [-0.25, -0.2) is 4.98 Å². The maximum atomic E-state index is 9.05. The van der Waals surface area contributed by atoms with E-state index in [0.717, 1.165) is 30.7 Å². The lowest BCUT2D eigenvalue weighted by Gasteiger charge is -2.42. The molecule has 3 rings (SSSR count). The Morgan fingerprint density at radius 3 is 2.84 bits per heavy atom. The fourth-order valence-electron chi connectivity index (χ4n) is 3.53. The molecule has 0 spiro atoms. The van der Waals surface area contributed by atoms with Crippen LogP contribution in [-0.4, -0.2) is 18.1 Å². The zero-order chi connectivity index (χ0) is 13.2. The van der Waals surface area contributed by atoms with Gasteiger partial charge in [-0.3, -0.25) is 0 Å². The van der Waals surface area contributed by atoms with Crippen LogP contribution in [0.1, 0.15) is 37.7 Å². The third kappa shape index (κ3) is 2.42. The number of nitrogens with zero attached hydrogens (tertiary/aromatic N) is 3. The van der Waals surface area contributed by atoms with Crippen LogP contribution in [0, 0.1) is 23.2 Å². The van der Waals surface area contributed by atoms with Gasteiger partial charge in [-0.1, -0.05) is 30.9 Å². The first-order valence-corrected chi connectivity index (χ1v) is 7.47. The summed E-state index contributed by atoms with van der Waals surface area (Å²) in [5, 5.41) is 9.56. The highest BCUT2D eigenvalue weighted by atomic mass is 35.5. The van der Waals surface area contributed by atoms with Gasteiger partial charge in [0.25, 0.3) is 0 Å². The fraction of sp³-hybridized carbons (Fsp3) is 0.600. The summed E-state index contributed by atoms with van der Waals surface area (Å²) < 4.78 is 0. The Morgan fingerprint density at radius 1 is 1.26 bits per heavy atom. The van der Waals surface area contributed by atoms with E-state index in [4.69, 9.17) is 16.9 Å². The number of fused-ring (bicyclic) bond motifs is 1. The van der Waals surface area contributed by atoms with Gasteiger partial charge in [0.05, 0.1) is 5.56 Å². The molecule has 4 heteroatoms. The van der Waals surface area contributed by atoms with E-state index in [-0.39, 0.29) is 0 Å². The van der Waals surface area contributed by atoms with Crippen molar-refractivity contribution in [1.82, 2.24) is 4.98 Å². The van der Waals surface area contributed by atoms with E-state index in [1.165, 1.54) is 32.1 Å². The Balaban J connectivity index is 1.82. The molecule has 2 fully saturated rings. The first-order chi connectivity index (χ1) is 9.29. The third-order valence-electron chi connectivity index (χ3n) is 4.58. The second kappa shape index (κ2) is 5.38. The topological polar surface area (TPSA) is 39.9 Å². The number of hydrogen-bond donors (Lipinski definition) is 0. The molecule has 3 nitrogen and oxygen atoms in total. The average molecular weight is 276 g/mol. The number of hydrogen-bond acceptors (Lipinski definition) is 3. The largest absolute Gasteiger partial charge is 0.355 e. The molecule has 1 saturated carbocycles. The Hall–Kier alpha value is -1.27. The van der Waals surface area contributed by atoms with Gasteiger partial charge in [0.1, 0.15) is 16.9 Å². The number of anilines is 1. The number of nitriles is 1. The lowest BCUT2D eigenvalue weighted by molar-refractivity contribution is 0.202. The van der Waals surface area contributed by atoms with Gasteiger partial charge in [0.2, 0.25) is 0 Å². The summed E-state index contributed by atoms with van der Waals surface area (Å²) in [5.74, 6) is 2.47. The second-order valence-corrected chi connectivity index (χ2v) is 6.03. The summed E-state index contributed by atoms with van der Waals surface area (Å²) in [6, 6.07) is 3.81. The summed E-state index contributed by atoms with van der Waals surface area (Å²) in [6.45, 7) is 2.06. The number of halogens is 1. The fourth-order valence-corrected chi connectivity index (χ4v) is 3.81. The minimum absolute atomic E-state index is 0.513. The smallest absolute Gasteiger partial charge is 0.148 e. The Labute approximate surface area is 119 Å². The van der Waals surface area contributed by atoms with E-state index >= 15 is 0 Å². The minimum atomic E-state index is 0.513. The molecule has 1 aliphatic heterocycles. The molecule has 0 amide bonds. The van der Waals surface area contributed by atoms with E-state index < -0.39 is 0 Å². The molecule has 1 aromatic rings. The third-order valence-corrected chi connectivity index (χ3v) is 4.95. The van der Waals surface area contributed by atoms with Crippen LogP contribution in [0.2, 0.25) is 5.02 Å². The van der Waals surface area contributed by atoms with Crippen molar-refractivity contribution in [3.05, 3.63) is 22.8 Å². The van der Waals surface area contributed by atoms with E-state index in [1.807, 2.05) is 0 Å². The number of aromatic nitrogens is 1. The van der Waals surface area contributed by atoms with Crippen LogP contribution >= 0.6 is 11.6 Å². The van der Waals surface area contributed by atoms with Crippen LogP contribution in [0.25, 0.3) is 0 Å². The molecule has 0 radical (unpaired) electrons. The predicted octanol–water partition coefficient (Wildman–Crippen LogP) is 3.62. The Morgan fingerprint density at radius 2 is 2.05 bits per heavy atom. The standard InChI is InChI=1S/C15H18ClN3/c16-14-12(9-17)5-7-18-15(14)19-8-6-11-3-1-2-4-13(11)10-19/h5,7,11,13H,1-4,6,8,10H2. The first kappa shape index (κ1) is 12.7. The molecule has 2 aliphatic rings. The lowest BCUT2D eigenvalue weighted by Crippen LogP contribution is -2.42. The maximum absolute atomic E-state index is 9.05. The number of rotatable bonds is 1. The molecular weight excluding hydrogens is 258 g/mol. The van der Waals surface area contributed by atoms with Crippen molar-refractivity contribution in [3.8, 4) is 6.07 Å². The average Bonchev–Trinajstić information content (AvgIpc) is 2.47. The highest BCUT2D eigenvalue weighted by Gasteiger charge is 2.32. The summed E-state index contributed by atoms with van der Waals surface area (Å²) in [5.41, 5.74) is 0.525. The van der Waals surface area contributed by atoms with Crippen LogP contribution < -0.4 is 4.90 Å². The molecule has 1 saturated heterocycles. The van der Waals surface area contributed by atoms with Crippen molar-refractivity contribution in [2.75, 3.05) is 18.0 Å². The van der Waals surface area contributed by atoms with Crippen molar-refractivity contribution in [2.45, 2.75) is 32.1 Å². The number of pyridine rings is 1. The zero-order valence-corrected chi connectivity index (χ0v) is 11.7. The van der Waals surface area contributed by atoms with Crippen LogP contribution in [-0.2, 0) is 0 Å². The van der Waals surface area contributed by atoms with Crippen molar-refractivity contribution < 1.29 is 0 Å². The molecule has 2 atom stereocenters. The molecule has 0 N–H and O–H groups in total. The monoisotopic (exact) mass is 275 g/mol. The molecule has 2 unspecified atom stereocenters. The predicted molar refractivity (Wildman–Crippen MR) is 76.2 cm³/mol. The van der Waals surface area contributed by atoms with Crippen molar-refractivity contribution in [1.29, 1.82) is 5.26 Å². The molecule has 1 aromatic heterocycles. The van der Waals surface area contributed by atoms with Crippen LogP contribution in [0.3, 0.4) is 0 Å². The summed E-state index contributed by atoms with van der Waals surface area (Å²) in [4.78, 5) is 6.66. The highest BCUT2D eigenvalue weighted by molar-refractivity contribution is 6.34. The van der Waals surface area contributed by atoms with Gasteiger partial charge in [-0.05, 0) is 30.7 Å². The van der Waals surface area contributed by atoms with Crippen LogP contribution in [0.4, 0.5) is 5.82 Å². The second-order valence-electron chi connectivity index (χ2n) is 5.65. The van der Waals surface area contributed by atoms with Gasteiger partial charge in [-0.15, -0.1) is 0 Å². The quantitative estimate of drug-likeness (QED) is 0.786. The van der Waals surface area contributed by atoms with Crippen LogP contribution in [0.5, 0.6) is 0 Å². The SMILES string of the molecule is N#Cc1ccnc(N2CCC3CCCCC3C2)c1Cl. The normalized spacial score (nSPS) is 26.6. The van der Waals surface area contributed by atoms with Gasteiger partial charge < -0.3 is 4.90 Å². The summed E-state index contributed by atoms with van der Waals surface area (Å²) >= 11 is 6.29. The highest BCUT2D eigenvalue weighted by Crippen LogP contribution is 2.38. The van der Waals surface area contributed by atoms with Gasteiger partial charge >= 0.3 is 0 Å². The minimum Gasteiger partial charge on any atom is -0.355 e.